The number of carbonyl (C=O) groups excluding carboxylic acids is 4. The highest BCUT2D eigenvalue weighted by molar-refractivity contribution is 7.47. The molecular weight excluding hydrogens is 1470 g/mol. The van der Waals surface area contributed by atoms with Crippen molar-refractivity contribution in [2.24, 2.45) is 23.7 Å². The number of hydrogen-bond donors (Lipinski definition) is 3. The van der Waals surface area contributed by atoms with Crippen LogP contribution >= 0.6 is 15.6 Å². The second-order valence-electron chi connectivity index (χ2n) is 35.3. The fourth-order valence-electron chi connectivity index (χ4n) is 14.8. The topological polar surface area (TPSA) is 237 Å². The quantitative estimate of drug-likeness (QED) is 0.0222. The van der Waals surface area contributed by atoms with Gasteiger partial charge in [-0.25, -0.2) is 9.13 Å². The molecule has 114 heavy (non-hydrogen) atoms. The van der Waals surface area contributed by atoms with E-state index in [0.29, 0.717) is 25.7 Å². The molecule has 0 spiro atoms. The standard InChI is InChI=1S/C95H186O17P2/c1-9-86(6)72-64-56-48-40-34-28-22-16-12-14-18-24-30-36-42-51-59-67-75-92(97)105-81-90(111-94(99)77-69-61-53-43-37-31-25-19-15-13-17-23-29-35-41-49-57-65-73-87(7)10-2)83-109-113(101,102)107-79-89(96)80-108-114(103,104)110-84-91(82-106-93(98)76-68-60-52-46-45-50-58-66-74-88(8)11-3)112-95(100)78-70-62-54-44-38-32-26-20-21-27-33-39-47-55-63-71-85(4)5/h85-91,96H,9-84H2,1-8H3,(H,101,102)(H,103,104)/t86?,87?,88?,89-,90-,91-/m1/s1. The van der Waals surface area contributed by atoms with Crippen LogP contribution in [-0.2, 0) is 65.4 Å². The zero-order valence-corrected chi connectivity index (χ0v) is 77.5. The fourth-order valence-corrected chi connectivity index (χ4v) is 16.4. The molecule has 0 aliphatic rings. The molecule has 0 aromatic rings. The van der Waals surface area contributed by atoms with Gasteiger partial charge in [0, 0.05) is 25.7 Å². The molecular formula is C95H186O17P2. The van der Waals surface area contributed by atoms with Crippen molar-refractivity contribution in [3.63, 3.8) is 0 Å². The van der Waals surface area contributed by atoms with Gasteiger partial charge in [0.25, 0.3) is 0 Å². The van der Waals surface area contributed by atoms with Gasteiger partial charge in [0.15, 0.2) is 12.2 Å². The molecule has 0 aliphatic heterocycles. The average Bonchev–Trinajstić information content (AvgIpc) is 0.890. The SMILES string of the molecule is CCC(C)CCCCCCCCCCCCCCCCCCCCC(=O)OC[C@H](COP(=O)(O)OC[C@@H](O)COP(=O)(O)OC[C@@H](COC(=O)CCCCCCCCCCC(C)CC)OC(=O)CCCCCCCCCCCCCCCCCC(C)C)OC(=O)CCCCCCCCCCCCCCCCCCCCC(C)CC. The molecule has 0 fully saturated rings. The van der Waals surface area contributed by atoms with Gasteiger partial charge in [-0.3, -0.25) is 37.3 Å². The Kier molecular flexibility index (Phi) is 81.9. The molecule has 0 radical (unpaired) electrons. The third-order valence-electron chi connectivity index (χ3n) is 23.4. The molecule has 0 heterocycles. The minimum absolute atomic E-state index is 0.107. The summed E-state index contributed by atoms with van der Waals surface area (Å²) in [7, 11) is -9.94. The van der Waals surface area contributed by atoms with Gasteiger partial charge >= 0.3 is 39.5 Å². The van der Waals surface area contributed by atoms with E-state index < -0.39 is 97.5 Å². The minimum Gasteiger partial charge on any atom is -0.462 e. The van der Waals surface area contributed by atoms with Crippen LogP contribution in [0.4, 0.5) is 0 Å². The third-order valence-corrected chi connectivity index (χ3v) is 25.3. The van der Waals surface area contributed by atoms with Crippen LogP contribution in [0.5, 0.6) is 0 Å². The molecule has 0 aromatic carbocycles. The van der Waals surface area contributed by atoms with Crippen molar-refractivity contribution in [3.05, 3.63) is 0 Å². The first-order chi connectivity index (χ1) is 55.2. The predicted octanol–water partition coefficient (Wildman–Crippen LogP) is 29.5. The van der Waals surface area contributed by atoms with Crippen LogP contribution in [0, 0.1) is 23.7 Å². The normalized spacial score (nSPS) is 14.5. The molecule has 0 bridgehead atoms. The Morgan fingerprint density at radius 2 is 0.421 bits per heavy atom. The van der Waals surface area contributed by atoms with Gasteiger partial charge in [0.1, 0.15) is 19.3 Å². The Balaban J connectivity index is 5.25. The van der Waals surface area contributed by atoms with E-state index in [1.54, 1.807) is 0 Å². The fraction of sp³-hybridized carbons (Fsp3) is 0.958. The van der Waals surface area contributed by atoms with Gasteiger partial charge in [-0.1, -0.05) is 453 Å². The zero-order chi connectivity index (χ0) is 83.7. The number of aliphatic hydroxyl groups excluding tert-OH is 1. The van der Waals surface area contributed by atoms with Crippen molar-refractivity contribution in [1.29, 1.82) is 0 Å². The monoisotopic (exact) mass is 1660 g/mol. The van der Waals surface area contributed by atoms with Crippen molar-refractivity contribution in [2.45, 2.75) is 523 Å². The lowest BCUT2D eigenvalue weighted by Gasteiger charge is -2.21. The first-order valence-corrected chi connectivity index (χ1v) is 51.8. The van der Waals surface area contributed by atoms with Crippen LogP contribution in [0.25, 0.3) is 0 Å². The summed E-state index contributed by atoms with van der Waals surface area (Å²) < 4.78 is 69.2. The van der Waals surface area contributed by atoms with E-state index in [-0.39, 0.29) is 25.7 Å². The molecule has 3 N–H and O–H groups in total. The number of esters is 4. The predicted molar refractivity (Wildman–Crippen MR) is 474 cm³/mol. The third kappa shape index (κ3) is 83.7. The van der Waals surface area contributed by atoms with E-state index in [0.717, 1.165) is 114 Å². The maximum absolute atomic E-state index is 13.2. The largest absolute Gasteiger partial charge is 0.472 e. The van der Waals surface area contributed by atoms with Crippen molar-refractivity contribution >= 4 is 39.5 Å². The lowest BCUT2D eigenvalue weighted by atomic mass is 9.99. The Bertz CT molecular complexity index is 2200. The molecule has 0 aliphatic carbocycles. The highest BCUT2D eigenvalue weighted by atomic mass is 31.2. The van der Waals surface area contributed by atoms with Gasteiger partial charge in [0.2, 0.25) is 0 Å². The molecule has 678 valence electrons. The average molecular weight is 1660 g/mol. The molecule has 0 saturated carbocycles. The number of rotatable bonds is 92. The summed E-state index contributed by atoms with van der Waals surface area (Å²) in [4.78, 5) is 73.6. The number of phosphoric ester groups is 2. The first kappa shape index (κ1) is 112. The first-order valence-electron chi connectivity index (χ1n) is 48.8. The van der Waals surface area contributed by atoms with Crippen molar-refractivity contribution < 1.29 is 80.2 Å². The van der Waals surface area contributed by atoms with E-state index in [1.165, 1.54) is 308 Å². The second kappa shape index (κ2) is 83.3. The molecule has 0 amide bonds. The van der Waals surface area contributed by atoms with Crippen LogP contribution in [0.1, 0.15) is 505 Å². The van der Waals surface area contributed by atoms with E-state index in [9.17, 15) is 43.2 Å². The van der Waals surface area contributed by atoms with Crippen molar-refractivity contribution in [2.75, 3.05) is 39.6 Å². The number of unbranched alkanes of at least 4 members (excludes halogenated alkanes) is 55. The summed E-state index contributed by atoms with van der Waals surface area (Å²) in [5, 5.41) is 10.7. The van der Waals surface area contributed by atoms with Gasteiger partial charge in [-0.15, -0.1) is 0 Å². The van der Waals surface area contributed by atoms with E-state index in [1.807, 2.05) is 0 Å². The number of hydrogen-bond acceptors (Lipinski definition) is 15. The zero-order valence-electron chi connectivity index (χ0n) is 75.7. The van der Waals surface area contributed by atoms with Crippen LogP contribution in [0.15, 0.2) is 0 Å². The van der Waals surface area contributed by atoms with Crippen molar-refractivity contribution in [1.82, 2.24) is 0 Å². The molecule has 0 saturated heterocycles. The van der Waals surface area contributed by atoms with E-state index in [4.69, 9.17) is 37.0 Å². The van der Waals surface area contributed by atoms with Gasteiger partial charge in [0.05, 0.1) is 26.4 Å². The summed E-state index contributed by atoms with van der Waals surface area (Å²) in [6.45, 7) is 14.5. The summed E-state index contributed by atoms with van der Waals surface area (Å²) >= 11 is 0. The molecule has 19 heteroatoms. The highest BCUT2D eigenvalue weighted by Gasteiger charge is 2.31. The number of aliphatic hydroxyl groups is 1. The second-order valence-corrected chi connectivity index (χ2v) is 38.2. The lowest BCUT2D eigenvalue weighted by molar-refractivity contribution is -0.161. The summed E-state index contributed by atoms with van der Waals surface area (Å²) in [6, 6.07) is 0. The summed E-state index contributed by atoms with van der Waals surface area (Å²) in [5.74, 6) is 1.23. The van der Waals surface area contributed by atoms with E-state index >= 15 is 0 Å². The van der Waals surface area contributed by atoms with Gasteiger partial charge in [-0.2, -0.15) is 0 Å². The van der Waals surface area contributed by atoms with Crippen LogP contribution in [0.3, 0.4) is 0 Å². The van der Waals surface area contributed by atoms with Crippen LogP contribution in [-0.4, -0.2) is 96.7 Å². The maximum Gasteiger partial charge on any atom is 0.472 e. The smallest absolute Gasteiger partial charge is 0.462 e. The number of phosphoric acid groups is 2. The maximum atomic E-state index is 13.2. The molecule has 8 atom stereocenters. The molecule has 0 aromatic heterocycles. The van der Waals surface area contributed by atoms with Crippen LogP contribution in [0.2, 0.25) is 0 Å². The van der Waals surface area contributed by atoms with Gasteiger partial charge in [-0.05, 0) is 49.4 Å². The summed E-state index contributed by atoms with van der Waals surface area (Å²) in [6.07, 6.45) is 76.4. The van der Waals surface area contributed by atoms with Gasteiger partial charge < -0.3 is 33.8 Å². The highest BCUT2D eigenvalue weighted by Crippen LogP contribution is 2.45. The molecule has 5 unspecified atom stereocenters. The van der Waals surface area contributed by atoms with Crippen LogP contribution < -0.4 is 0 Å². The Morgan fingerprint density at radius 1 is 0.246 bits per heavy atom. The Hall–Kier alpha value is -1.94. The van der Waals surface area contributed by atoms with E-state index in [2.05, 4.69) is 55.4 Å². The minimum atomic E-state index is -4.97. The number of carbonyl (C=O) groups is 4. The summed E-state index contributed by atoms with van der Waals surface area (Å²) in [5.41, 5.74) is 0. The lowest BCUT2D eigenvalue weighted by Crippen LogP contribution is -2.30. The van der Waals surface area contributed by atoms with Crippen molar-refractivity contribution in [3.8, 4) is 0 Å². The molecule has 17 nitrogen and oxygen atoms in total. The Morgan fingerprint density at radius 3 is 0.623 bits per heavy atom. The number of ether oxygens (including phenoxy) is 4. The molecule has 0 rings (SSSR count). The Labute approximate surface area is 702 Å².